The highest BCUT2D eigenvalue weighted by molar-refractivity contribution is 5.76. The van der Waals surface area contributed by atoms with Gasteiger partial charge in [0.1, 0.15) is 0 Å². The second kappa shape index (κ2) is 12.6. The SMILES string of the molecule is CC#CC[C@@H](C)[C@H](O)/C=C/[C@@H]1[C@H]2CC(CCCCC(=O)N(C(C)C)C(C)C)=C[C@H]2C[C@H]1O. The standard InChI is InChI=1S/C28H45NO3/c1-7-8-11-21(6)26(30)15-14-24-25-17-22(16-23(25)18-27(24)31)12-9-10-13-28(32)29(19(2)3)20(4)5/h14-16,19-21,23-27,30-31H,9-13,17-18H2,1-6H3/b15-14+/t21-,23+,24-,25+,26-,27-/m1/s1. The van der Waals surface area contributed by atoms with Gasteiger partial charge in [-0.15, -0.1) is 11.8 Å². The van der Waals surface area contributed by atoms with E-state index in [1.54, 1.807) is 0 Å². The van der Waals surface area contributed by atoms with Gasteiger partial charge in [0.2, 0.25) is 5.91 Å². The number of amides is 1. The van der Waals surface area contributed by atoms with E-state index in [0.717, 1.165) is 32.1 Å². The van der Waals surface area contributed by atoms with Crippen molar-refractivity contribution in [1.82, 2.24) is 4.90 Å². The maximum absolute atomic E-state index is 12.5. The first-order valence-corrected chi connectivity index (χ1v) is 12.6. The van der Waals surface area contributed by atoms with Crippen molar-refractivity contribution in [3.05, 3.63) is 23.8 Å². The van der Waals surface area contributed by atoms with Crippen LogP contribution >= 0.6 is 0 Å². The Kier molecular flexibility index (Phi) is 10.5. The van der Waals surface area contributed by atoms with Crippen LogP contribution in [0.3, 0.4) is 0 Å². The average Bonchev–Trinajstić information content (AvgIpc) is 3.23. The summed E-state index contributed by atoms with van der Waals surface area (Å²) < 4.78 is 0. The molecule has 2 aliphatic rings. The summed E-state index contributed by atoms with van der Waals surface area (Å²) in [6.45, 7) is 12.2. The van der Waals surface area contributed by atoms with Gasteiger partial charge in [-0.2, -0.15) is 0 Å². The molecule has 0 spiro atoms. The molecule has 1 amide bonds. The molecule has 2 rings (SSSR count). The van der Waals surface area contributed by atoms with Crippen LogP contribution in [-0.4, -0.2) is 45.3 Å². The molecule has 0 aromatic carbocycles. The van der Waals surface area contributed by atoms with Crippen LogP contribution in [0.4, 0.5) is 0 Å². The Morgan fingerprint density at radius 3 is 2.53 bits per heavy atom. The van der Waals surface area contributed by atoms with Gasteiger partial charge in [0.25, 0.3) is 0 Å². The smallest absolute Gasteiger partial charge is 0.223 e. The van der Waals surface area contributed by atoms with Crippen LogP contribution in [0.25, 0.3) is 0 Å². The largest absolute Gasteiger partial charge is 0.392 e. The summed E-state index contributed by atoms with van der Waals surface area (Å²) in [4.78, 5) is 14.5. The highest BCUT2D eigenvalue weighted by atomic mass is 16.3. The summed E-state index contributed by atoms with van der Waals surface area (Å²) in [6.07, 6.45) is 11.6. The number of aliphatic hydroxyl groups is 2. The molecule has 0 aromatic heterocycles. The number of carbonyl (C=O) groups excluding carboxylic acids is 1. The Bertz CT molecular complexity index is 719. The molecule has 0 aliphatic heterocycles. The van der Waals surface area contributed by atoms with Crippen molar-refractivity contribution in [2.24, 2.45) is 23.7 Å². The number of nitrogens with zero attached hydrogens (tertiary/aromatic N) is 1. The van der Waals surface area contributed by atoms with Crippen LogP contribution in [0.15, 0.2) is 23.8 Å². The molecule has 0 saturated heterocycles. The first-order valence-electron chi connectivity index (χ1n) is 12.6. The summed E-state index contributed by atoms with van der Waals surface area (Å²) in [7, 11) is 0. The first-order chi connectivity index (χ1) is 15.1. The summed E-state index contributed by atoms with van der Waals surface area (Å²) in [5.74, 6) is 7.26. The Morgan fingerprint density at radius 1 is 1.22 bits per heavy atom. The van der Waals surface area contributed by atoms with Gasteiger partial charge >= 0.3 is 0 Å². The number of rotatable bonds is 11. The topological polar surface area (TPSA) is 60.8 Å². The number of carbonyl (C=O) groups is 1. The second-order valence-corrected chi connectivity index (χ2v) is 10.4. The molecule has 0 heterocycles. The monoisotopic (exact) mass is 443 g/mol. The van der Waals surface area contributed by atoms with Crippen molar-refractivity contribution >= 4 is 5.91 Å². The maximum atomic E-state index is 12.5. The Hall–Kier alpha value is -1.57. The molecule has 1 fully saturated rings. The lowest BCUT2D eigenvalue weighted by Gasteiger charge is -2.30. The third kappa shape index (κ3) is 7.22. The lowest BCUT2D eigenvalue weighted by molar-refractivity contribution is -0.134. The molecule has 2 aliphatic carbocycles. The Morgan fingerprint density at radius 2 is 1.91 bits per heavy atom. The lowest BCUT2D eigenvalue weighted by atomic mass is 9.88. The predicted molar refractivity (Wildman–Crippen MR) is 132 cm³/mol. The number of aliphatic hydroxyl groups excluding tert-OH is 2. The summed E-state index contributed by atoms with van der Waals surface area (Å²) in [5.41, 5.74) is 1.48. The molecule has 0 unspecified atom stereocenters. The van der Waals surface area contributed by atoms with E-state index in [4.69, 9.17) is 0 Å². The molecule has 1 saturated carbocycles. The lowest BCUT2D eigenvalue weighted by Crippen LogP contribution is -2.41. The van der Waals surface area contributed by atoms with E-state index in [1.165, 1.54) is 5.57 Å². The van der Waals surface area contributed by atoms with Gasteiger partial charge in [-0.1, -0.05) is 30.7 Å². The molecule has 180 valence electrons. The molecule has 0 aromatic rings. The Balaban J connectivity index is 1.81. The third-order valence-electron chi connectivity index (χ3n) is 7.20. The number of hydrogen-bond acceptors (Lipinski definition) is 3. The van der Waals surface area contributed by atoms with Gasteiger partial charge < -0.3 is 15.1 Å². The number of fused-ring (bicyclic) bond motifs is 1. The zero-order valence-electron chi connectivity index (χ0n) is 21.1. The molecule has 6 atom stereocenters. The van der Waals surface area contributed by atoms with E-state index < -0.39 is 6.10 Å². The number of hydrogen-bond donors (Lipinski definition) is 2. The molecule has 0 bridgehead atoms. The quantitative estimate of drug-likeness (QED) is 0.265. The van der Waals surface area contributed by atoms with Crippen LogP contribution < -0.4 is 0 Å². The zero-order chi connectivity index (χ0) is 23.8. The predicted octanol–water partition coefficient (Wildman–Crippen LogP) is 5.10. The van der Waals surface area contributed by atoms with E-state index >= 15 is 0 Å². The maximum Gasteiger partial charge on any atom is 0.223 e. The first kappa shape index (κ1) is 26.7. The second-order valence-electron chi connectivity index (χ2n) is 10.4. The molecule has 0 radical (unpaired) electrons. The van der Waals surface area contributed by atoms with Crippen molar-refractivity contribution in [3.63, 3.8) is 0 Å². The van der Waals surface area contributed by atoms with Gasteiger partial charge in [0, 0.05) is 30.8 Å². The van der Waals surface area contributed by atoms with E-state index in [0.29, 0.717) is 24.7 Å². The third-order valence-corrected chi connectivity index (χ3v) is 7.20. The van der Waals surface area contributed by atoms with E-state index in [-0.39, 0.29) is 35.9 Å². The number of unbranched alkanes of at least 4 members (excludes halogenated alkanes) is 1. The summed E-state index contributed by atoms with van der Waals surface area (Å²) in [5, 5.41) is 21.0. The fourth-order valence-corrected chi connectivity index (χ4v) is 5.54. The fraction of sp³-hybridized carbons (Fsp3) is 0.750. The summed E-state index contributed by atoms with van der Waals surface area (Å²) in [6, 6.07) is 0.494. The van der Waals surface area contributed by atoms with Crippen molar-refractivity contribution in [1.29, 1.82) is 0 Å². The van der Waals surface area contributed by atoms with Gasteiger partial charge in [0.15, 0.2) is 0 Å². The van der Waals surface area contributed by atoms with Crippen LogP contribution in [0.2, 0.25) is 0 Å². The normalized spacial score (nSPS) is 26.8. The molecule has 32 heavy (non-hydrogen) atoms. The van der Waals surface area contributed by atoms with Crippen LogP contribution in [0, 0.1) is 35.5 Å². The molecule has 2 N–H and O–H groups in total. The minimum atomic E-state index is -0.523. The minimum absolute atomic E-state index is 0.0929. The van der Waals surface area contributed by atoms with Crippen molar-refractivity contribution in [2.75, 3.05) is 0 Å². The van der Waals surface area contributed by atoms with Crippen LogP contribution in [-0.2, 0) is 4.79 Å². The van der Waals surface area contributed by atoms with Gasteiger partial charge in [-0.3, -0.25) is 4.79 Å². The average molecular weight is 444 g/mol. The van der Waals surface area contributed by atoms with Crippen LogP contribution in [0.5, 0.6) is 0 Å². The fourth-order valence-electron chi connectivity index (χ4n) is 5.54. The van der Waals surface area contributed by atoms with Gasteiger partial charge in [-0.25, -0.2) is 0 Å². The molecular weight excluding hydrogens is 398 g/mol. The van der Waals surface area contributed by atoms with Crippen molar-refractivity contribution in [3.8, 4) is 11.8 Å². The zero-order valence-corrected chi connectivity index (χ0v) is 21.1. The molecular formula is C28H45NO3. The van der Waals surface area contributed by atoms with E-state index in [2.05, 4.69) is 51.7 Å². The highest BCUT2D eigenvalue weighted by Gasteiger charge is 2.43. The van der Waals surface area contributed by atoms with E-state index in [9.17, 15) is 15.0 Å². The molecule has 4 heteroatoms. The van der Waals surface area contributed by atoms with Crippen LogP contribution in [0.1, 0.15) is 86.5 Å². The van der Waals surface area contributed by atoms with E-state index in [1.807, 2.05) is 24.8 Å². The number of allylic oxidation sites excluding steroid dienone is 2. The molecule has 4 nitrogen and oxygen atoms in total. The minimum Gasteiger partial charge on any atom is -0.392 e. The van der Waals surface area contributed by atoms with Crippen molar-refractivity contribution < 1.29 is 15.0 Å². The van der Waals surface area contributed by atoms with Gasteiger partial charge in [-0.05, 0) is 84.5 Å². The van der Waals surface area contributed by atoms with Gasteiger partial charge in [0.05, 0.1) is 12.2 Å². The van der Waals surface area contributed by atoms with Crippen molar-refractivity contribution in [2.45, 2.75) is 111 Å². The highest BCUT2D eigenvalue weighted by Crippen LogP contribution is 2.48. The Labute approximate surface area is 196 Å². The summed E-state index contributed by atoms with van der Waals surface area (Å²) >= 11 is 0.